The lowest BCUT2D eigenvalue weighted by Gasteiger charge is -2.00. The van der Waals surface area contributed by atoms with Gasteiger partial charge in [-0.15, -0.1) is 0 Å². The van der Waals surface area contributed by atoms with E-state index < -0.39 is 20.8 Å². The fraction of sp³-hybridized carbons (Fsp3) is 0.0909. The normalized spacial score (nSPS) is 11.3. The maximum Gasteiger partial charge on any atom is 0.272 e. The van der Waals surface area contributed by atoms with Gasteiger partial charge in [0.25, 0.3) is 15.0 Å². The Kier molecular flexibility index (Phi) is 4.07. The van der Waals surface area contributed by atoms with Crippen molar-refractivity contribution < 1.29 is 17.6 Å². The molecule has 0 spiro atoms. The monoisotopic (exact) mass is 334 g/mol. The number of halogens is 2. The Hall–Kier alpha value is -1.51. The highest BCUT2D eigenvalue weighted by Gasteiger charge is 2.20. The fourth-order valence-electron chi connectivity index (χ4n) is 1.43. The summed E-state index contributed by atoms with van der Waals surface area (Å²) in [6.07, 6.45) is 0. The molecular weight excluding hydrogens is 327 g/mol. The molecule has 0 aliphatic carbocycles. The van der Waals surface area contributed by atoms with Crippen LogP contribution in [0.2, 0.25) is 0 Å². The molecule has 0 atom stereocenters. The zero-order valence-electron chi connectivity index (χ0n) is 10.1. The lowest BCUT2D eigenvalue weighted by Crippen LogP contribution is -2.11. The second-order valence-electron chi connectivity index (χ2n) is 3.79. The smallest absolute Gasteiger partial charge is 0.272 e. The number of nitrogens with one attached hydrogen (secondary N) is 1. The van der Waals surface area contributed by atoms with Gasteiger partial charge in [0, 0.05) is 16.2 Å². The molecule has 1 amide bonds. The topological polar surface area (TPSA) is 76.1 Å². The molecule has 1 heterocycles. The summed E-state index contributed by atoms with van der Waals surface area (Å²) in [4.78, 5) is 15.8. The predicted octanol–water partition coefficient (Wildman–Crippen LogP) is 2.77. The van der Waals surface area contributed by atoms with Crippen LogP contribution < -0.4 is 5.32 Å². The minimum absolute atomic E-state index is 0.107. The highest BCUT2D eigenvalue weighted by molar-refractivity contribution is 8.15. The van der Waals surface area contributed by atoms with E-state index >= 15 is 0 Å². The summed E-state index contributed by atoms with van der Waals surface area (Å²) in [5.41, 5.74) is 0.439. The quantitative estimate of drug-likeness (QED) is 0.876. The van der Waals surface area contributed by atoms with E-state index in [0.29, 0.717) is 0 Å². The molecule has 106 valence electrons. The number of hydrogen-bond acceptors (Lipinski definition) is 5. The Morgan fingerprint density at radius 3 is 2.45 bits per heavy atom. The van der Waals surface area contributed by atoms with Gasteiger partial charge in [0.15, 0.2) is 9.34 Å². The third-order valence-electron chi connectivity index (χ3n) is 2.30. The second-order valence-corrected chi connectivity index (χ2v) is 7.55. The predicted molar refractivity (Wildman–Crippen MR) is 74.2 cm³/mol. The third-order valence-corrected chi connectivity index (χ3v) is 5.55. The fourth-order valence-corrected chi connectivity index (χ4v) is 3.78. The van der Waals surface area contributed by atoms with E-state index in [1.165, 1.54) is 19.1 Å². The lowest BCUT2D eigenvalue weighted by molar-refractivity contribution is 0.102. The van der Waals surface area contributed by atoms with Crippen LogP contribution in [0, 0.1) is 12.7 Å². The first kappa shape index (κ1) is 14.9. The van der Waals surface area contributed by atoms with Gasteiger partial charge in [0.1, 0.15) is 5.82 Å². The number of amides is 1. The Morgan fingerprint density at radius 1 is 1.35 bits per heavy atom. The average Bonchev–Trinajstić information content (AvgIpc) is 2.70. The molecule has 5 nitrogen and oxygen atoms in total. The van der Waals surface area contributed by atoms with E-state index in [0.717, 1.165) is 23.5 Å². The van der Waals surface area contributed by atoms with Crippen LogP contribution in [-0.4, -0.2) is 19.3 Å². The molecule has 1 aromatic heterocycles. The molecule has 0 saturated heterocycles. The molecule has 9 heteroatoms. The van der Waals surface area contributed by atoms with Crippen molar-refractivity contribution in [3.63, 3.8) is 0 Å². The molecule has 0 radical (unpaired) electrons. The van der Waals surface area contributed by atoms with Crippen LogP contribution >= 0.6 is 22.0 Å². The summed E-state index contributed by atoms with van der Waals surface area (Å²) >= 11 is 0.756. The largest absolute Gasteiger partial charge is 0.298 e. The van der Waals surface area contributed by atoms with Crippen LogP contribution in [0.25, 0.3) is 0 Å². The van der Waals surface area contributed by atoms with Crippen molar-refractivity contribution in [3.8, 4) is 0 Å². The molecule has 2 aromatic rings. The average molecular weight is 335 g/mol. The van der Waals surface area contributed by atoms with Crippen molar-refractivity contribution in [2.24, 2.45) is 0 Å². The van der Waals surface area contributed by atoms with Gasteiger partial charge in [-0.2, -0.15) is 0 Å². The van der Waals surface area contributed by atoms with E-state index in [2.05, 4.69) is 10.3 Å². The van der Waals surface area contributed by atoms with E-state index in [4.69, 9.17) is 10.7 Å². The summed E-state index contributed by atoms with van der Waals surface area (Å²) in [6, 6.07) is 4.92. The number of rotatable bonds is 3. The number of nitrogens with zero attached hydrogens (tertiary/aromatic N) is 1. The number of hydrogen-bond donors (Lipinski definition) is 1. The lowest BCUT2D eigenvalue weighted by atomic mass is 10.2. The zero-order chi connectivity index (χ0) is 14.9. The number of aryl methyl sites for hydroxylation is 1. The standard InChI is InChI=1S/C11H8ClFN2O3S2/c1-6-10(20(12,17)18)19-11(14-6)15-9(16)7-2-4-8(13)5-3-7/h2-5H,1H3,(H,14,15,16). The highest BCUT2D eigenvalue weighted by Crippen LogP contribution is 2.29. The maximum atomic E-state index is 12.7. The van der Waals surface area contributed by atoms with Gasteiger partial charge in [0.2, 0.25) is 0 Å². The van der Waals surface area contributed by atoms with Gasteiger partial charge in [-0.05, 0) is 31.2 Å². The Bertz CT molecular complexity index is 756. The molecule has 0 unspecified atom stereocenters. The molecule has 1 N–H and O–H groups in total. The molecule has 2 rings (SSSR count). The van der Waals surface area contributed by atoms with Crippen molar-refractivity contribution in [1.82, 2.24) is 4.98 Å². The number of carbonyl (C=O) groups excluding carboxylic acids is 1. The van der Waals surface area contributed by atoms with E-state index in [1.807, 2.05) is 0 Å². The summed E-state index contributed by atoms with van der Waals surface area (Å²) in [7, 11) is 1.35. The molecular formula is C11H8ClFN2O3S2. The van der Waals surface area contributed by atoms with Crippen molar-refractivity contribution >= 4 is 42.1 Å². The van der Waals surface area contributed by atoms with Gasteiger partial charge >= 0.3 is 0 Å². The van der Waals surface area contributed by atoms with Crippen molar-refractivity contribution in [2.45, 2.75) is 11.1 Å². The molecule has 0 fully saturated rings. The first-order valence-electron chi connectivity index (χ1n) is 5.26. The molecule has 1 aromatic carbocycles. The first-order chi connectivity index (χ1) is 9.27. The van der Waals surface area contributed by atoms with Crippen LogP contribution in [0.15, 0.2) is 28.5 Å². The van der Waals surface area contributed by atoms with Crippen molar-refractivity contribution in [2.75, 3.05) is 5.32 Å². The SMILES string of the molecule is Cc1nc(NC(=O)c2ccc(F)cc2)sc1S(=O)(=O)Cl. The molecule has 0 aliphatic rings. The van der Waals surface area contributed by atoms with Gasteiger partial charge in [-0.25, -0.2) is 17.8 Å². The number of carbonyl (C=O) groups is 1. The van der Waals surface area contributed by atoms with Crippen LogP contribution in [-0.2, 0) is 9.05 Å². The second kappa shape index (κ2) is 5.47. The number of aromatic nitrogens is 1. The number of anilines is 1. The summed E-state index contributed by atoms with van der Waals surface area (Å²) in [6.45, 7) is 1.47. The first-order valence-corrected chi connectivity index (χ1v) is 8.39. The Labute approximate surface area is 122 Å². The van der Waals surface area contributed by atoms with E-state index in [-0.39, 0.29) is 20.6 Å². The Morgan fingerprint density at radius 2 is 1.95 bits per heavy atom. The molecule has 0 aliphatic heterocycles. The highest BCUT2D eigenvalue weighted by atomic mass is 35.7. The van der Waals surface area contributed by atoms with Gasteiger partial charge < -0.3 is 0 Å². The zero-order valence-corrected chi connectivity index (χ0v) is 12.4. The van der Waals surface area contributed by atoms with Crippen molar-refractivity contribution in [1.29, 1.82) is 0 Å². The van der Waals surface area contributed by atoms with Crippen molar-refractivity contribution in [3.05, 3.63) is 41.3 Å². The third kappa shape index (κ3) is 3.33. The van der Waals surface area contributed by atoms with Gasteiger partial charge in [-0.1, -0.05) is 11.3 Å². The minimum Gasteiger partial charge on any atom is -0.298 e. The maximum absolute atomic E-state index is 12.7. The summed E-state index contributed by atoms with van der Waals surface area (Å²) < 4.78 is 35.1. The van der Waals surface area contributed by atoms with Crippen LogP contribution in [0.5, 0.6) is 0 Å². The summed E-state index contributed by atoms with van der Waals surface area (Å²) in [5, 5.41) is 2.54. The molecule has 0 saturated carbocycles. The number of benzene rings is 1. The number of thiazole rings is 1. The van der Waals surface area contributed by atoms with E-state index in [1.54, 1.807) is 0 Å². The Balaban J connectivity index is 2.23. The van der Waals surface area contributed by atoms with Crippen LogP contribution in [0.4, 0.5) is 9.52 Å². The summed E-state index contributed by atoms with van der Waals surface area (Å²) in [5.74, 6) is -0.973. The van der Waals surface area contributed by atoms with Crippen LogP contribution in [0.3, 0.4) is 0 Å². The molecule has 0 bridgehead atoms. The minimum atomic E-state index is -3.89. The molecule has 20 heavy (non-hydrogen) atoms. The van der Waals surface area contributed by atoms with Gasteiger partial charge in [0.05, 0.1) is 5.69 Å². The van der Waals surface area contributed by atoms with Crippen LogP contribution in [0.1, 0.15) is 16.1 Å². The van der Waals surface area contributed by atoms with E-state index in [9.17, 15) is 17.6 Å². The van der Waals surface area contributed by atoms with Gasteiger partial charge in [-0.3, -0.25) is 10.1 Å².